The number of benzene rings is 1. The van der Waals surface area contributed by atoms with Crippen LogP contribution in [0.1, 0.15) is 10.6 Å². The van der Waals surface area contributed by atoms with Crippen LogP contribution in [0.2, 0.25) is 0 Å². The summed E-state index contributed by atoms with van der Waals surface area (Å²) < 4.78 is 9.63. The molecule has 0 atom stereocenters. The molecule has 0 aliphatic rings. The number of hydrogen-bond donors (Lipinski definition) is 1. The van der Waals surface area contributed by atoms with Gasteiger partial charge in [0, 0.05) is 5.56 Å². The zero-order chi connectivity index (χ0) is 13.7. The number of carbonyl (C=O) groups is 2. The Hall–Kier alpha value is -2.56. The zero-order valence-electron chi connectivity index (χ0n) is 10.4. The fourth-order valence-electron chi connectivity index (χ4n) is 1.64. The molecule has 1 aromatic heterocycles. The minimum Gasteiger partial charge on any atom is -0.468 e. The van der Waals surface area contributed by atoms with E-state index in [4.69, 9.17) is 4.42 Å². The lowest BCUT2D eigenvalue weighted by Gasteiger charge is -2.04. The Bertz CT molecular complexity index is 574. The Balaban J connectivity index is 2.16. The first kappa shape index (κ1) is 12.9. The van der Waals surface area contributed by atoms with Gasteiger partial charge in [-0.25, -0.2) is 0 Å². The van der Waals surface area contributed by atoms with Gasteiger partial charge < -0.3 is 14.5 Å². The minimum atomic E-state index is -0.513. The number of furan rings is 1. The number of rotatable bonds is 4. The van der Waals surface area contributed by atoms with Gasteiger partial charge in [-0.2, -0.15) is 0 Å². The minimum absolute atomic E-state index is 0.176. The van der Waals surface area contributed by atoms with Crippen molar-refractivity contribution >= 4 is 11.9 Å². The maximum absolute atomic E-state index is 11.9. The van der Waals surface area contributed by atoms with Crippen molar-refractivity contribution in [3.05, 3.63) is 48.4 Å². The fourth-order valence-corrected chi connectivity index (χ4v) is 1.64. The molecular weight excluding hydrogens is 246 g/mol. The Morgan fingerprint density at radius 1 is 1.21 bits per heavy atom. The Kier molecular flexibility index (Phi) is 3.97. The number of ether oxygens (including phenoxy) is 1. The number of nitrogens with one attached hydrogen (secondary N) is 1. The fraction of sp³-hybridized carbons (Fsp3) is 0.143. The van der Waals surface area contributed by atoms with Crippen molar-refractivity contribution in [2.75, 3.05) is 13.7 Å². The highest BCUT2D eigenvalue weighted by Crippen LogP contribution is 2.24. The van der Waals surface area contributed by atoms with Crippen molar-refractivity contribution in [1.82, 2.24) is 5.32 Å². The van der Waals surface area contributed by atoms with E-state index in [1.54, 1.807) is 6.07 Å². The molecule has 0 saturated carbocycles. The van der Waals surface area contributed by atoms with Crippen LogP contribution in [0.25, 0.3) is 11.1 Å². The average Bonchev–Trinajstić information content (AvgIpc) is 2.94. The molecule has 5 heteroatoms. The normalized spacial score (nSPS) is 9.95. The van der Waals surface area contributed by atoms with Crippen LogP contribution in [-0.2, 0) is 9.53 Å². The summed E-state index contributed by atoms with van der Waals surface area (Å²) in [6, 6.07) is 11.1. The second kappa shape index (κ2) is 5.86. The lowest BCUT2D eigenvalue weighted by molar-refractivity contribution is -0.139. The number of methoxy groups -OCH3 is 1. The van der Waals surface area contributed by atoms with E-state index in [1.165, 1.54) is 13.4 Å². The zero-order valence-corrected chi connectivity index (χ0v) is 10.4. The summed E-state index contributed by atoms with van der Waals surface area (Å²) in [5.41, 5.74) is 1.56. The highest BCUT2D eigenvalue weighted by atomic mass is 16.5. The molecule has 19 heavy (non-hydrogen) atoms. The molecule has 0 radical (unpaired) electrons. The summed E-state index contributed by atoms with van der Waals surface area (Å²) in [5.74, 6) is -0.787. The number of esters is 1. The molecule has 1 N–H and O–H groups in total. The number of carbonyl (C=O) groups excluding carboxylic acids is 2. The van der Waals surface area contributed by atoms with Crippen molar-refractivity contribution in [3.8, 4) is 11.1 Å². The average molecular weight is 259 g/mol. The third-order valence-corrected chi connectivity index (χ3v) is 2.58. The Morgan fingerprint density at radius 3 is 2.63 bits per heavy atom. The first-order valence-corrected chi connectivity index (χ1v) is 5.70. The summed E-state index contributed by atoms with van der Waals surface area (Å²) in [6.07, 6.45) is 1.44. The van der Waals surface area contributed by atoms with Gasteiger partial charge in [-0.1, -0.05) is 30.3 Å². The van der Waals surface area contributed by atoms with E-state index in [-0.39, 0.29) is 12.3 Å². The summed E-state index contributed by atoms with van der Waals surface area (Å²) in [4.78, 5) is 22.9. The van der Waals surface area contributed by atoms with Crippen molar-refractivity contribution in [1.29, 1.82) is 0 Å². The Morgan fingerprint density at radius 2 is 1.95 bits per heavy atom. The lowest BCUT2D eigenvalue weighted by atomic mass is 10.1. The van der Waals surface area contributed by atoms with E-state index >= 15 is 0 Å². The second-order valence-electron chi connectivity index (χ2n) is 3.79. The van der Waals surface area contributed by atoms with Gasteiger partial charge in [0.05, 0.1) is 13.4 Å². The molecular formula is C14H13NO4. The number of hydrogen-bond acceptors (Lipinski definition) is 4. The smallest absolute Gasteiger partial charge is 0.325 e. The van der Waals surface area contributed by atoms with Crippen LogP contribution in [-0.4, -0.2) is 25.5 Å². The van der Waals surface area contributed by atoms with Gasteiger partial charge in [0.2, 0.25) is 0 Å². The maximum Gasteiger partial charge on any atom is 0.325 e. The molecule has 0 aliphatic carbocycles. The van der Waals surface area contributed by atoms with Crippen LogP contribution < -0.4 is 5.32 Å². The molecule has 2 rings (SSSR count). The topological polar surface area (TPSA) is 68.5 Å². The van der Waals surface area contributed by atoms with Crippen molar-refractivity contribution in [2.24, 2.45) is 0 Å². The summed E-state index contributed by atoms with van der Waals surface area (Å²) in [5, 5.41) is 2.44. The molecule has 0 fully saturated rings. The molecule has 1 heterocycles. The van der Waals surface area contributed by atoms with Crippen LogP contribution in [0.4, 0.5) is 0 Å². The van der Waals surface area contributed by atoms with Gasteiger partial charge >= 0.3 is 5.97 Å². The van der Waals surface area contributed by atoms with Gasteiger partial charge in [-0.15, -0.1) is 0 Å². The molecule has 0 saturated heterocycles. The molecule has 0 unspecified atom stereocenters. The molecule has 0 aliphatic heterocycles. The summed E-state index contributed by atoms with van der Waals surface area (Å²) in [6.45, 7) is -0.190. The predicted octanol–water partition coefficient (Wildman–Crippen LogP) is 1.85. The first-order chi connectivity index (χ1) is 9.22. The molecule has 0 bridgehead atoms. The van der Waals surface area contributed by atoms with E-state index in [1.807, 2.05) is 30.3 Å². The summed E-state index contributed by atoms with van der Waals surface area (Å²) >= 11 is 0. The maximum atomic E-state index is 11.9. The second-order valence-corrected chi connectivity index (χ2v) is 3.79. The summed E-state index contributed by atoms with van der Waals surface area (Å²) in [7, 11) is 1.26. The number of amides is 1. The van der Waals surface area contributed by atoms with Crippen LogP contribution >= 0.6 is 0 Å². The highest BCUT2D eigenvalue weighted by Gasteiger charge is 2.17. The van der Waals surface area contributed by atoms with Gasteiger partial charge in [0.15, 0.2) is 5.76 Å². The molecule has 98 valence electrons. The monoisotopic (exact) mass is 259 g/mol. The van der Waals surface area contributed by atoms with E-state index in [9.17, 15) is 9.59 Å². The SMILES string of the molecule is COC(=O)CNC(=O)c1occc1-c1ccccc1. The van der Waals surface area contributed by atoms with Crippen LogP contribution in [0.3, 0.4) is 0 Å². The van der Waals surface area contributed by atoms with Crippen molar-refractivity contribution < 1.29 is 18.7 Å². The molecule has 0 spiro atoms. The molecule has 5 nitrogen and oxygen atoms in total. The van der Waals surface area contributed by atoms with Crippen LogP contribution in [0.5, 0.6) is 0 Å². The van der Waals surface area contributed by atoms with Gasteiger partial charge in [0.1, 0.15) is 6.54 Å². The third-order valence-electron chi connectivity index (χ3n) is 2.58. The largest absolute Gasteiger partial charge is 0.468 e. The van der Waals surface area contributed by atoms with E-state index in [2.05, 4.69) is 10.1 Å². The van der Waals surface area contributed by atoms with Gasteiger partial charge in [-0.3, -0.25) is 9.59 Å². The highest BCUT2D eigenvalue weighted by molar-refractivity contribution is 5.99. The van der Waals surface area contributed by atoms with E-state index in [0.717, 1.165) is 5.56 Å². The molecule has 1 aromatic carbocycles. The predicted molar refractivity (Wildman–Crippen MR) is 68.5 cm³/mol. The van der Waals surface area contributed by atoms with E-state index in [0.29, 0.717) is 5.56 Å². The van der Waals surface area contributed by atoms with Crippen molar-refractivity contribution in [2.45, 2.75) is 0 Å². The van der Waals surface area contributed by atoms with E-state index < -0.39 is 11.9 Å². The van der Waals surface area contributed by atoms with Gasteiger partial charge in [0.25, 0.3) is 5.91 Å². The van der Waals surface area contributed by atoms with Crippen LogP contribution in [0.15, 0.2) is 47.1 Å². The Labute approximate surface area is 110 Å². The third kappa shape index (κ3) is 3.01. The quantitative estimate of drug-likeness (QED) is 0.851. The molecule has 1 amide bonds. The standard InChI is InChI=1S/C14H13NO4/c1-18-12(16)9-15-14(17)13-11(7-8-19-13)10-5-3-2-4-6-10/h2-8H,9H2,1H3,(H,15,17). The molecule has 2 aromatic rings. The first-order valence-electron chi connectivity index (χ1n) is 5.70. The lowest BCUT2D eigenvalue weighted by Crippen LogP contribution is -2.30. The van der Waals surface area contributed by atoms with Gasteiger partial charge in [-0.05, 0) is 11.6 Å². The van der Waals surface area contributed by atoms with Crippen LogP contribution in [0, 0.1) is 0 Å². The van der Waals surface area contributed by atoms with Crippen molar-refractivity contribution in [3.63, 3.8) is 0 Å².